The summed E-state index contributed by atoms with van der Waals surface area (Å²) in [6.07, 6.45) is 0. The van der Waals surface area contributed by atoms with E-state index in [1.807, 2.05) is 22.7 Å². The Bertz CT molecular complexity index is 4630. The molecule has 0 radical (unpaired) electrons. The summed E-state index contributed by atoms with van der Waals surface area (Å²) in [6.45, 7) is 0. The largest absolute Gasteiger partial charge is 0.456 e. The number of hydrogen-bond donors (Lipinski definition) is 0. The van der Waals surface area contributed by atoms with Crippen molar-refractivity contribution in [2.45, 2.75) is 0 Å². The van der Waals surface area contributed by atoms with Crippen LogP contribution in [-0.2, 0) is 0 Å². The van der Waals surface area contributed by atoms with Crippen molar-refractivity contribution in [3.63, 3.8) is 0 Å². The molecule has 4 aromatic heterocycles. The second-order valence-electron chi connectivity index (χ2n) is 19.7. The maximum Gasteiger partial charge on any atom is 0.136 e. The average Bonchev–Trinajstić information content (AvgIpc) is 4.29. The fraction of sp³-hybridized carbons (Fsp3) is 0. The van der Waals surface area contributed by atoms with Gasteiger partial charge in [0.2, 0.25) is 0 Å². The molecule has 16 aromatic rings. The number of rotatable bonds is 8. The molecule has 0 aliphatic rings. The molecule has 0 aliphatic heterocycles. The van der Waals surface area contributed by atoms with Crippen molar-refractivity contribution >= 4 is 152 Å². The third kappa shape index (κ3) is 7.03. The molecule has 6 heteroatoms. The molecular weight excluding hydrogens is 965 g/mol. The van der Waals surface area contributed by atoms with E-state index in [1.54, 1.807) is 0 Å². The van der Waals surface area contributed by atoms with Gasteiger partial charge in [-0.15, -0.1) is 22.7 Å². The van der Waals surface area contributed by atoms with Crippen LogP contribution < -0.4 is 9.80 Å². The van der Waals surface area contributed by atoms with Gasteiger partial charge in [0.05, 0.1) is 0 Å². The molecule has 0 bridgehead atoms. The Morgan fingerprint density at radius 2 is 0.579 bits per heavy atom. The van der Waals surface area contributed by atoms with Crippen LogP contribution in [0, 0.1) is 0 Å². The van der Waals surface area contributed by atoms with Gasteiger partial charge in [0.25, 0.3) is 0 Å². The van der Waals surface area contributed by atoms with Crippen LogP contribution in [-0.4, -0.2) is 0 Å². The number of nitrogens with zero attached hydrogens (tertiary/aromatic N) is 2. The predicted molar refractivity (Wildman–Crippen MR) is 325 cm³/mol. The first-order valence-electron chi connectivity index (χ1n) is 25.6. The van der Waals surface area contributed by atoms with E-state index in [0.29, 0.717) is 0 Å². The van der Waals surface area contributed by atoms with E-state index in [-0.39, 0.29) is 0 Å². The number of thiophene rings is 2. The zero-order valence-electron chi connectivity index (χ0n) is 40.8. The van der Waals surface area contributed by atoms with Crippen molar-refractivity contribution in [2.24, 2.45) is 0 Å². The molecule has 0 spiro atoms. The minimum absolute atomic E-state index is 0.858. The highest BCUT2D eigenvalue weighted by Gasteiger charge is 2.19. The molecule has 4 nitrogen and oxygen atoms in total. The third-order valence-corrected chi connectivity index (χ3v) is 17.5. The number of benzene rings is 12. The Hall–Kier alpha value is -9.46. The summed E-state index contributed by atoms with van der Waals surface area (Å²) in [5, 5.41) is 11.8. The standard InChI is InChI=1S/C70H42N2O2S2/c1-3-11-49(12-4-1)71(53-29-33-69-61(41-53)57-15-7-9-17-67(57)75-69)51-25-19-43(20-26-51)45-23-31-55-59-35-47-36-60-56-32-24-46(38-64(56)74-66(60)40-48(47)39-65(59)73-63(55)37-45)44-21-27-52(28-22-44)72(50-13-5-2-6-14-50)54-30-34-70-62(42-54)58-16-8-10-18-68(58)76-70/h1-42H. The van der Waals surface area contributed by atoms with Crippen molar-refractivity contribution in [2.75, 3.05) is 9.80 Å². The van der Waals surface area contributed by atoms with Gasteiger partial charge < -0.3 is 18.6 Å². The molecule has 0 saturated carbocycles. The molecule has 0 N–H and O–H groups in total. The highest BCUT2D eigenvalue weighted by molar-refractivity contribution is 7.26. The minimum Gasteiger partial charge on any atom is -0.456 e. The highest BCUT2D eigenvalue weighted by atomic mass is 32.1. The number of para-hydroxylation sites is 2. The van der Waals surface area contributed by atoms with Gasteiger partial charge in [0.1, 0.15) is 22.3 Å². The molecule has 16 rings (SSSR count). The maximum atomic E-state index is 6.66. The van der Waals surface area contributed by atoms with Gasteiger partial charge in [-0.1, -0.05) is 109 Å². The van der Waals surface area contributed by atoms with Gasteiger partial charge in [-0.3, -0.25) is 0 Å². The van der Waals surface area contributed by atoms with Crippen molar-refractivity contribution < 1.29 is 8.83 Å². The van der Waals surface area contributed by atoms with E-state index < -0.39 is 0 Å². The van der Waals surface area contributed by atoms with E-state index >= 15 is 0 Å². The first kappa shape index (κ1) is 43.0. The summed E-state index contributed by atoms with van der Waals surface area (Å²) in [5.41, 5.74) is 14.6. The summed E-state index contributed by atoms with van der Waals surface area (Å²) in [5.74, 6) is 0. The second-order valence-corrected chi connectivity index (χ2v) is 21.8. The van der Waals surface area contributed by atoms with Gasteiger partial charge in [-0.2, -0.15) is 0 Å². The first-order valence-corrected chi connectivity index (χ1v) is 27.2. The van der Waals surface area contributed by atoms with Gasteiger partial charge in [0.15, 0.2) is 0 Å². The van der Waals surface area contributed by atoms with Gasteiger partial charge in [0, 0.05) is 96.0 Å². The second kappa shape index (κ2) is 17.0. The normalized spacial score (nSPS) is 11.9. The number of anilines is 6. The number of fused-ring (bicyclic) bond motifs is 13. The molecular formula is C70H42N2O2S2. The van der Waals surface area contributed by atoms with Crippen LogP contribution in [0.25, 0.3) is 117 Å². The lowest BCUT2D eigenvalue weighted by molar-refractivity contribution is 0.669. The van der Waals surface area contributed by atoms with Crippen LogP contribution in [0.1, 0.15) is 0 Å². The van der Waals surface area contributed by atoms with E-state index in [9.17, 15) is 0 Å². The van der Waals surface area contributed by atoms with Crippen molar-refractivity contribution in [1.82, 2.24) is 0 Å². The molecule has 0 saturated heterocycles. The molecule has 0 unspecified atom stereocenters. The summed E-state index contributed by atoms with van der Waals surface area (Å²) in [7, 11) is 0. The molecule has 356 valence electrons. The summed E-state index contributed by atoms with van der Waals surface area (Å²) in [4.78, 5) is 4.68. The molecule has 12 aromatic carbocycles. The van der Waals surface area contributed by atoms with Crippen LogP contribution >= 0.6 is 22.7 Å². The van der Waals surface area contributed by atoms with Crippen LogP contribution in [0.4, 0.5) is 34.1 Å². The van der Waals surface area contributed by atoms with E-state index in [2.05, 4.69) is 265 Å². The molecule has 76 heavy (non-hydrogen) atoms. The predicted octanol–water partition coefficient (Wildman–Crippen LogP) is 21.6. The fourth-order valence-corrected chi connectivity index (χ4v) is 13.7. The average molecular weight is 1010 g/mol. The monoisotopic (exact) mass is 1010 g/mol. The Balaban J connectivity index is 0.696. The Labute approximate surface area is 444 Å². The highest BCUT2D eigenvalue weighted by Crippen LogP contribution is 2.45. The van der Waals surface area contributed by atoms with Gasteiger partial charge >= 0.3 is 0 Å². The van der Waals surface area contributed by atoms with Crippen LogP contribution in [0.2, 0.25) is 0 Å². The summed E-state index contributed by atoms with van der Waals surface area (Å²) >= 11 is 3.69. The maximum absolute atomic E-state index is 6.66. The van der Waals surface area contributed by atoms with E-state index in [4.69, 9.17) is 8.83 Å². The van der Waals surface area contributed by atoms with Gasteiger partial charge in [-0.25, -0.2) is 0 Å². The number of furan rings is 2. The molecule has 0 amide bonds. The Morgan fingerprint density at radius 1 is 0.224 bits per heavy atom. The van der Waals surface area contributed by atoms with Crippen LogP contribution in [0.15, 0.2) is 264 Å². The summed E-state index contributed by atoms with van der Waals surface area (Å²) in [6, 6.07) is 92.1. The van der Waals surface area contributed by atoms with E-state index in [0.717, 1.165) is 111 Å². The van der Waals surface area contributed by atoms with Crippen molar-refractivity contribution in [3.8, 4) is 22.3 Å². The molecule has 4 heterocycles. The minimum atomic E-state index is 0.858. The van der Waals surface area contributed by atoms with Gasteiger partial charge in [-0.05, 0) is 179 Å². The van der Waals surface area contributed by atoms with E-state index in [1.165, 1.54) is 40.3 Å². The summed E-state index contributed by atoms with van der Waals surface area (Å²) < 4.78 is 18.5. The zero-order chi connectivity index (χ0) is 49.8. The molecule has 0 aliphatic carbocycles. The third-order valence-electron chi connectivity index (χ3n) is 15.2. The Kier molecular flexibility index (Phi) is 9.64. The lowest BCUT2D eigenvalue weighted by Crippen LogP contribution is -2.09. The van der Waals surface area contributed by atoms with Crippen LogP contribution in [0.3, 0.4) is 0 Å². The first-order chi connectivity index (χ1) is 37.6. The lowest BCUT2D eigenvalue weighted by atomic mass is 10.00. The Morgan fingerprint density at radius 3 is 1.04 bits per heavy atom. The quantitative estimate of drug-likeness (QED) is 0.152. The smallest absolute Gasteiger partial charge is 0.136 e. The lowest BCUT2D eigenvalue weighted by Gasteiger charge is -2.25. The topological polar surface area (TPSA) is 32.8 Å². The van der Waals surface area contributed by atoms with Crippen molar-refractivity contribution in [3.05, 3.63) is 255 Å². The number of hydrogen-bond acceptors (Lipinski definition) is 6. The molecule has 0 fully saturated rings. The fourth-order valence-electron chi connectivity index (χ4n) is 11.5. The zero-order valence-corrected chi connectivity index (χ0v) is 42.4. The van der Waals surface area contributed by atoms with Crippen molar-refractivity contribution in [1.29, 1.82) is 0 Å². The molecule has 0 atom stereocenters. The van der Waals surface area contributed by atoms with Crippen LogP contribution in [0.5, 0.6) is 0 Å². The SMILES string of the molecule is c1ccc(N(c2ccc(-c3ccc4c(c3)oc3cc5cc6oc7cc(-c8ccc(N(c9ccccc9)c9ccc%10sc%11ccccc%11c%10c9)cc8)ccc7c6cc5cc34)cc2)c2ccc3sc4ccccc4c3c2)cc1.